The van der Waals surface area contributed by atoms with Gasteiger partial charge in [0.1, 0.15) is 12.2 Å². The Labute approximate surface area is 692 Å². The molecule has 118 heavy (non-hydrogen) atoms. The monoisotopic (exact) mass is 1620 g/mol. The van der Waals surface area contributed by atoms with Gasteiger partial charge in [0.15, 0.2) is 12.2 Å². The van der Waals surface area contributed by atoms with Gasteiger partial charge >= 0.3 is 12.2 Å². The number of benzene rings is 4. The van der Waals surface area contributed by atoms with Gasteiger partial charge in [0, 0.05) is 112 Å². The van der Waals surface area contributed by atoms with Crippen LogP contribution >= 0.6 is 0 Å². The number of allylic oxidation sites excluding steroid dienone is 8. The standard InChI is InChI=1S/C47H60N4O9.C45H56N4O9/c1-8-9-22-51(27-33-15-11-10-12-16-33)28-34-18-20-35(21-19-34)46(56)50-41-36-23-29(2)24-40(59-7)42(53)31(4)25-32(5)44(60-47(48)57)39(58-6)17-13-14-30(3)45(55)49-37(43(36)54)26-38(41)52;1-8-49(25-31-14-10-9-11-15-31)26-32-17-19-33(20-18-32)44(54)48-39-34-21-27(2)22-38(57-7)40(51)29(4)23-30(5)42(58-45(46)55)37(56-6)16-12-13-28(3)43(53)47-35(41(34)52)24-36(39)50/h10-21,25-26,29,31,39-40,42,44,53H,8-9,22-24,27-28H2,1-7H3,(H2,48,57)(H,49,55)(H,50,56);9-20,23-24,27,29,37-38,40,42,51H,8,21-22,25-26H2,1-7H3,(H2,46,55)(H,47,53)(H,48,54)/b17-13-,30-14+,32-25+;16-12-,28-13+,30-23+/t29-,31+,39+,40+,42-,44+;27-,29+,37+,38+,40-,42+/m11/s1. The van der Waals surface area contributed by atoms with Crippen molar-refractivity contribution in [2.24, 2.45) is 35.1 Å². The van der Waals surface area contributed by atoms with E-state index in [-0.39, 0.29) is 82.6 Å². The summed E-state index contributed by atoms with van der Waals surface area (Å²) in [5, 5.41) is 33.5. The van der Waals surface area contributed by atoms with Crippen LogP contribution in [0.5, 0.6) is 0 Å². The molecule has 26 nitrogen and oxygen atoms in total. The molecule has 0 aromatic heterocycles. The van der Waals surface area contributed by atoms with Gasteiger partial charge in [-0.1, -0.05) is 182 Å². The van der Waals surface area contributed by atoms with Crippen molar-refractivity contribution < 1.29 is 86.6 Å². The quantitative estimate of drug-likeness (QED) is 0.0268. The summed E-state index contributed by atoms with van der Waals surface area (Å²) in [6.45, 7) is 22.7. The van der Waals surface area contributed by atoms with Crippen molar-refractivity contribution in [2.45, 2.75) is 183 Å². The van der Waals surface area contributed by atoms with Crippen molar-refractivity contribution in [1.29, 1.82) is 0 Å². The van der Waals surface area contributed by atoms with Gasteiger partial charge in [0.2, 0.25) is 23.1 Å². The lowest BCUT2D eigenvalue weighted by Crippen LogP contribution is -2.38. The molecule has 2 aliphatic carbocycles. The average molecular weight is 1620 g/mol. The average Bonchev–Trinajstić information content (AvgIpc) is 0.976. The maximum absolute atomic E-state index is 14.2. The Morgan fingerprint density at radius 3 is 1.19 bits per heavy atom. The number of methoxy groups -OCH3 is 4. The zero-order valence-corrected chi connectivity index (χ0v) is 70.1. The largest absolute Gasteiger partial charge is 0.439 e. The Hall–Kier alpha value is -10.9. The Morgan fingerprint density at radius 2 is 0.856 bits per heavy atom. The molecule has 4 bridgehead atoms. The van der Waals surface area contributed by atoms with E-state index in [0.29, 0.717) is 35.4 Å². The number of hydrogen-bond donors (Lipinski definition) is 8. The number of primary amides is 2. The Bertz CT molecular complexity index is 4540. The zero-order chi connectivity index (χ0) is 86.4. The molecule has 632 valence electrons. The van der Waals surface area contributed by atoms with E-state index in [1.54, 1.807) is 76.3 Å². The van der Waals surface area contributed by atoms with Gasteiger partial charge in [-0.05, 0) is 142 Å². The Morgan fingerprint density at radius 1 is 0.500 bits per heavy atom. The maximum atomic E-state index is 14.2. The van der Waals surface area contributed by atoms with Gasteiger partial charge in [-0.2, -0.15) is 0 Å². The first-order chi connectivity index (χ1) is 56.3. The minimum absolute atomic E-state index is 0.0119. The van der Waals surface area contributed by atoms with Crippen LogP contribution in [0.1, 0.15) is 151 Å². The smallest absolute Gasteiger partial charge is 0.405 e. The normalized spacial score (nSPS) is 25.9. The number of carbonyl (C=O) groups is 10. The molecule has 0 fully saturated rings. The van der Waals surface area contributed by atoms with Gasteiger partial charge in [0.05, 0.1) is 47.2 Å². The lowest BCUT2D eigenvalue weighted by atomic mass is 9.85. The van der Waals surface area contributed by atoms with Gasteiger partial charge in [0.25, 0.3) is 23.6 Å². The van der Waals surface area contributed by atoms with E-state index in [0.717, 1.165) is 62.3 Å². The van der Waals surface area contributed by atoms with Gasteiger partial charge in [-0.15, -0.1) is 0 Å². The van der Waals surface area contributed by atoms with Gasteiger partial charge < -0.3 is 71.4 Å². The molecule has 12 atom stereocenters. The van der Waals surface area contributed by atoms with E-state index in [1.165, 1.54) is 77.7 Å². The fraction of sp³-hybridized carbons (Fsp3) is 0.413. The van der Waals surface area contributed by atoms with Crippen molar-refractivity contribution in [1.82, 2.24) is 31.1 Å². The molecule has 0 spiro atoms. The van der Waals surface area contributed by atoms with E-state index >= 15 is 0 Å². The van der Waals surface area contributed by atoms with E-state index in [4.69, 9.17) is 39.9 Å². The molecule has 2 heterocycles. The SMILES string of the molecule is CCCCN(Cc1ccccc1)Cc1ccc(C(=O)NC2=C3C[C@@H](C)C[C@H](OC)[C@H](O)[C@@H](C)/C=C(\C)[C@H](OC(N)=O)[C@@H](OC)/C=C\C=C(/C)C(=O)NC(=CC2=O)C3=O)cc1.CCN(Cc1ccccc1)Cc1ccc(C(=O)NC2=C3C[C@@H](C)C[C@H](OC)[C@H](O)[C@@H](C)/C=C(\C)[C@H](OC(N)=O)[C@@H](OC)/C=C\C=C(/C)C(=O)NC(=CC2=O)C3=O)cc1. The number of aliphatic hydroxyl groups excluding tert-OH is 2. The highest BCUT2D eigenvalue weighted by Crippen LogP contribution is 2.33. The zero-order valence-electron chi connectivity index (χ0n) is 70.1. The summed E-state index contributed by atoms with van der Waals surface area (Å²) >= 11 is 0. The van der Waals surface area contributed by atoms with Crippen LogP contribution in [0, 0.1) is 23.7 Å². The molecule has 6 amide bonds. The molecule has 2 aliphatic heterocycles. The number of unbranched alkanes of at least 4 members (excludes halogenated alkanes) is 1. The lowest BCUT2D eigenvalue weighted by Gasteiger charge is -2.30. The predicted octanol–water partition coefficient (Wildman–Crippen LogP) is 11.2. The minimum Gasteiger partial charge on any atom is -0.439 e. The molecule has 8 rings (SSSR count). The van der Waals surface area contributed by atoms with Crippen LogP contribution in [0.4, 0.5) is 9.59 Å². The summed E-state index contributed by atoms with van der Waals surface area (Å²) in [5.74, 6) is -6.74. The van der Waals surface area contributed by atoms with Crippen LogP contribution in [0.25, 0.3) is 0 Å². The molecular weight excluding hydrogens is 1510 g/mol. The third-order valence-electron chi connectivity index (χ3n) is 21.1. The number of aliphatic hydroxyl groups is 2. The van der Waals surface area contributed by atoms with E-state index in [9.17, 15) is 58.2 Å². The molecule has 4 aromatic carbocycles. The summed E-state index contributed by atoms with van der Waals surface area (Å²) < 4.78 is 33.5. The number of hydrogen-bond acceptors (Lipinski definition) is 20. The van der Waals surface area contributed by atoms with Crippen LogP contribution < -0.4 is 32.7 Å². The molecule has 4 aromatic rings. The van der Waals surface area contributed by atoms with Crippen LogP contribution in [0.2, 0.25) is 0 Å². The second-order valence-corrected chi connectivity index (χ2v) is 30.5. The van der Waals surface area contributed by atoms with E-state index < -0.39 is 120 Å². The number of ketones is 4. The van der Waals surface area contributed by atoms with Crippen LogP contribution in [-0.4, -0.2) is 169 Å². The molecule has 4 aliphatic rings. The predicted molar refractivity (Wildman–Crippen MR) is 449 cm³/mol. The van der Waals surface area contributed by atoms with Crippen molar-refractivity contribution in [3.8, 4) is 0 Å². The lowest BCUT2D eigenvalue weighted by molar-refractivity contribution is -0.120. The summed E-state index contributed by atoms with van der Waals surface area (Å²) in [6, 6.07) is 34.7. The third kappa shape index (κ3) is 27.6. The van der Waals surface area contributed by atoms with E-state index in [2.05, 4.69) is 69.2 Å². The number of nitrogens with zero attached hydrogens (tertiary/aromatic N) is 2. The second kappa shape index (κ2) is 46.3. The second-order valence-electron chi connectivity index (χ2n) is 30.5. The first-order valence-corrected chi connectivity index (χ1v) is 39.8. The summed E-state index contributed by atoms with van der Waals surface area (Å²) in [6.07, 6.45) is 8.15. The first-order valence-electron chi connectivity index (χ1n) is 39.8. The van der Waals surface area contributed by atoms with Crippen LogP contribution in [0.3, 0.4) is 0 Å². The van der Waals surface area contributed by atoms with Crippen LogP contribution in [-0.2, 0) is 83.4 Å². The number of amides is 6. The summed E-state index contributed by atoms with van der Waals surface area (Å²) in [5.41, 5.74) is 16.5. The third-order valence-corrected chi connectivity index (χ3v) is 21.1. The first kappa shape index (κ1) is 94.2. The minimum atomic E-state index is -1.04. The number of rotatable bonds is 22. The molecular formula is C92H116N8O18. The highest BCUT2D eigenvalue weighted by Gasteiger charge is 2.38. The topological polar surface area (TPSA) is 373 Å². The molecule has 0 saturated carbocycles. The van der Waals surface area contributed by atoms with E-state index in [1.807, 2.05) is 74.5 Å². The number of nitrogens with one attached hydrogen (secondary N) is 4. The fourth-order valence-corrected chi connectivity index (χ4v) is 14.4. The van der Waals surface area contributed by atoms with Crippen molar-refractivity contribution in [3.05, 3.63) is 260 Å². The summed E-state index contributed by atoms with van der Waals surface area (Å²) in [7, 11) is 5.77. The molecule has 0 saturated heterocycles. The van der Waals surface area contributed by atoms with Gasteiger partial charge in [-0.25, -0.2) is 9.59 Å². The van der Waals surface area contributed by atoms with Crippen molar-refractivity contribution >= 4 is 58.9 Å². The number of carbonyl (C=O) groups excluding carboxylic acids is 10. The fourth-order valence-electron chi connectivity index (χ4n) is 14.4. The van der Waals surface area contributed by atoms with Gasteiger partial charge in [-0.3, -0.25) is 48.2 Å². The summed E-state index contributed by atoms with van der Waals surface area (Å²) in [4.78, 5) is 138. The van der Waals surface area contributed by atoms with Crippen LogP contribution in [0.15, 0.2) is 226 Å². The highest BCUT2D eigenvalue weighted by molar-refractivity contribution is 6.26. The maximum Gasteiger partial charge on any atom is 0.405 e. The molecule has 0 radical (unpaired) electrons. The van der Waals surface area contributed by atoms with Crippen molar-refractivity contribution in [3.63, 3.8) is 0 Å². The van der Waals surface area contributed by atoms with Crippen molar-refractivity contribution in [2.75, 3.05) is 41.5 Å². The Kier molecular flexibility index (Phi) is 36.9. The Balaban J connectivity index is 0.000000326. The number of ether oxygens (including phenoxy) is 6. The number of nitrogens with two attached hydrogens (primary N) is 2. The highest BCUT2D eigenvalue weighted by atomic mass is 16.6. The molecule has 26 heteroatoms. The molecule has 10 N–H and O–H groups in total. The molecule has 0 unspecified atom stereocenters. The number of Topliss-reactive ketones (excluding diaryl/α,β-unsaturated/α-hetero) is 2. The number of fused-ring (bicyclic) bond motifs is 4.